The Bertz CT molecular complexity index is 512. The van der Waals surface area contributed by atoms with Gasteiger partial charge in [-0.15, -0.1) is 0 Å². The van der Waals surface area contributed by atoms with Crippen molar-refractivity contribution in [2.75, 3.05) is 0 Å². The largest absolute Gasteiger partial charge is 0.326 e. The average molecular weight is 319 g/mol. The van der Waals surface area contributed by atoms with E-state index >= 15 is 0 Å². The predicted molar refractivity (Wildman–Crippen MR) is 70.0 cm³/mol. The second kappa shape index (κ2) is 5.06. The van der Waals surface area contributed by atoms with E-state index in [-0.39, 0.29) is 10.9 Å². The standard InChI is InChI=1S/C11H15BrN2O2S/c12-10-6-8(7-13)4-5-11(10)17(15,16)14-9-2-1-3-9/h4-6,9,14H,1-3,7,13H2. The third kappa shape index (κ3) is 2.88. The van der Waals surface area contributed by atoms with Crippen molar-refractivity contribution in [1.29, 1.82) is 0 Å². The van der Waals surface area contributed by atoms with Gasteiger partial charge in [0.1, 0.15) is 0 Å². The van der Waals surface area contributed by atoms with Gasteiger partial charge in [-0.3, -0.25) is 0 Å². The van der Waals surface area contributed by atoms with Crippen LogP contribution in [0.3, 0.4) is 0 Å². The molecule has 1 aliphatic rings. The number of rotatable bonds is 4. The Hall–Kier alpha value is -0.430. The predicted octanol–water partition coefficient (Wildman–Crippen LogP) is 1.74. The highest BCUT2D eigenvalue weighted by molar-refractivity contribution is 9.10. The SMILES string of the molecule is NCc1ccc(S(=O)(=O)NC2CCC2)c(Br)c1. The molecule has 94 valence electrons. The summed E-state index contributed by atoms with van der Waals surface area (Å²) in [6.45, 7) is 0.398. The topological polar surface area (TPSA) is 72.2 Å². The molecular weight excluding hydrogens is 304 g/mol. The molecule has 0 amide bonds. The van der Waals surface area contributed by atoms with E-state index in [1.165, 1.54) is 0 Å². The zero-order valence-corrected chi connectivity index (χ0v) is 11.7. The Morgan fingerprint density at radius 2 is 2.12 bits per heavy atom. The second-order valence-electron chi connectivity index (χ2n) is 4.22. The third-order valence-corrected chi connectivity index (χ3v) is 5.45. The summed E-state index contributed by atoms with van der Waals surface area (Å²) in [7, 11) is -3.41. The molecule has 4 nitrogen and oxygen atoms in total. The molecule has 6 heteroatoms. The highest BCUT2D eigenvalue weighted by atomic mass is 79.9. The van der Waals surface area contributed by atoms with E-state index in [9.17, 15) is 8.42 Å². The summed E-state index contributed by atoms with van der Waals surface area (Å²) >= 11 is 3.28. The molecule has 1 aromatic carbocycles. The van der Waals surface area contributed by atoms with Gasteiger partial charge in [-0.2, -0.15) is 0 Å². The minimum Gasteiger partial charge on any atom is -0.326 e. The zero-order valence-electron chi connectivity index (χ0n) is 9.32. The van der Waals surface area contributed by atoms with E-state index in [4.69, 9.17) is 5.73 Å². The van der Waals surface area contributed by atoms with Crippen molar-refractivity contribution in [3.63, 3.8) is 0 Å². The van der Waals surface area contributed by atoms with Crippen LogP contribution < -0.4 is 10.5 Å². The molecular formula is C11H15BrN2O2S. The maximum absolute atomic E-state index is 12.1. The van der Waals surface area contributed by atoms with Crippen molar-refractivity contribution in [3.8, 4) is 0 Å². The summed E-state index contributed by atoms with van der Waals surface area (Å²) in [6.07, 6.45) is 2.95. The van der Waals surface area contributed by atoms with Crippen LogP contribution in [0.15, 0.2) is 27.6 Å². The van der Waals surface area contributed by atoms with Crippen LogP contribution in [0.4, 0.5) is 0 Å². The van der Waals surface area contributed by atoms with Gasteiger partial charge in [0.05, 0.1) is 4.90 Å². The van der Waals surface area contributed by atoms with Gasteiger partial charge in [0.2, 0.25) is 10.0 Å². The molecule has 0 heterocycles. The fourth-order valence-corrected chi connectivity index (χ4v) is 4.13. The molecule has 0 aliphatic heterocycles. The number of sulfonamides is 1. The first-order valence-electron chi connectivity index (χ1n) is 5.54. The fourth-order valence-electron chi connectivity index (χ4n) is 1.70. The van der Waals surface area contributed by atoms with Gasteiger partial charge in [-0.25, -0.2) is 13.1 Å². The van der Waals surface area contributed by atoms with Crippen molar-refractivity contribution >= 4 is 26.0 Å². The average Bonchev–Trinajstić information content (AvgIpc) is 2.23. The van der Waals surface area contributed by atoms with Crippen molar-refractivity contribution < 1.29 is 8.42 Å². The van der Waals surface area contributed by atoms with Gasteiger partial charge in [-0.05, 0) is 46.5 Å². The number of nitrogens with two attached hydrogens (primary N) is 1. The Morgan fingerprint density at radius 3 is 2.59 bits per heavy atom. The molecule has 3 N–H and O–H groups in total. The highest BCUT2D eigenvalue weighted by Gasteiger charge is 2.25. The van der Waals surface area contributed by atoms with Crippen LogP contribution in [0, 0.1) is 0 Å². The minimum absolute atomic E-state index is 0.0982. The Balaban J connectivity index is 2.25. The lowest BCUT2D eigenvalue weighted by Crippen LogP contribution is -2.39. The fraction of sp³-hybridized carbons (Fsp3) is 0.455. The second-order valence-corrected chi connectivity index (χ2v) is 6.75. The lowest BCUT2D eigenvalue weighted by atomic mass is 9.94. The molecule has 0 radical (unpaired) electrons. The van der Waals surface area contributed by atoms with E-state index in [1.807, 2.05) is 0 Å². The van der Waals surface area contributed by atoms with Crippen molar-refractivity contribution in [2.45, 2.75) is 36.7 Å². The molecule has 0 spiro atoms. The minimum atomic E-state index is -3.41. The molecule has 2 rings (SSSR count). The quantitative estimate of drug-likeness (QED) is 0.888. The summed E-state index contributed by atoms with van der Waals surface area (Å²) < 4.78 is 27.4. The van der Waals surface area contributed by atoms with E-state index < -0.39 is 10.0 Å². The Morgan fingerprint density at radius 1 is 1.41 bits per heavy atom. The number of hydrogen-bond donors (Lipinski definition) is 2. The summed E-state index contributed by atoms with van der Waals surface area (Å²) in [5.74, 6) is 0. The van der Waals surface area contributed by atoms with Gasteiger partial charge in [0.25, 0.3) is 0 Å². The molecule has 0 bridgehead atoms. The van der Waals surface area contributed by atoms with Crippen LogP contribution >= 0.6 is 15.9 Å². The van der Waals surface area contributed by atoms with E-state index in [1.54, 1.807) is 18.2 Å². The summed E-state index contributed by atoms with van der Waals surface area (Å²) in [6, 6.07) is 5.17. The lowest BCUT2D eigenvalue weighted by Gasteiger charge is -2.26. The van der Waals surface area contributed by atoms with Crippen LogP contribution in [-0.4, -0.2) is 14.5 Å². The normalized spacial score (nSPS) is 16.8. The third-order valence-electron chi connectivity index (χ3n) is 2.95. The lowest BCUT2D eigenvalue weighted by molar-refractivity contribution is 0.383. The molecule has 0 aromatic heterocycles. The Kier molecular flexibility index (Phi) is 3.87. The highest BCUT2D eigenvalue weighted by Crippen LogP contribution is 2.26. The van der Waals surface area contributed by atoms with Gasteiger partial charge in [-0.1, -0.05) is 12.5 Å². The van der Waals surface area contributed by atoms with E-state index in [0.717, 1.165) is 24.8 Å². The van der Waals surface area contributed by atoms with Crippen LogP contribution in [0.2, 0.25) is 0 Å². The summed E-state index contributed by atoms with van der Waals surface area (Å²) in [4.78, 5) is 0.279. The smallest absolute Gasteiger partial charge is 0.241 e. The first kappa shape index (κ1) is 13.0. The molecule has 17 heavy (non-hydrogen) atoms. The molecule has 0 atom stereocenters. The maximum atomic E-state index is 12.1. The van der Waals surface area contributed by atoms with Crippen molar-refractivity contribution in [3.05, 3.63) is 28.2 Å². The number of nitrogens with one attached hydrogen (secondary N) is 1. The molecule has 1 aromatic rings. The van der Waals surface area contributed by atoms with Gasteiger partial charge >= 0.3 is 0 Å². The van der Waals surface area contributed by atoms with Gasteiger partial charge in [0, 0.05) is 17.1 Å². The first-order chi connectivity index (χ1) is 8.03. The summed E-state index contributed by atoms with van der Waals surface area (Å²) in [5.41, 5.74) is 6.41. The molecule has 1 saturated carbocycles. The molecule has 1 aliphatic carbocycles. The van der Waals surface area contributed by atoms with Gasteiger partial charge in [0.15, 0.2) is 0 Å². The van der Waals surface area contributed by atoms with Crippen LogP contribution in [0.5, 0.6) is 0 Å². The van der Waals surface area contributed by atoms with E-state index in [0.29, 0.717) is 11.0 Å². The first-order valence-corrected chi connectivity index (χ1v) is 7.81. The number of halogens is 1. The summed E-state index contributed by atoms with van der Waals surface area (Å²) in [5, 5.41) is 0. The molecule has 1 fully saturated rings. The molecule has 0 saturated heterocycles. The maximum Gasteiger partial charge on any atom is 0.241 e. The van der Waals surface area contributed by atoms with E-state index in [2.05, 4.69) is 20.7 Å². The van der Waals surface area contributed by atoms with Gasteiger partial charge < -0.3 is 5.73 Å². The monoisotopic (exact) mass is 318 g/mol. The Labute approximate surface area is 110 Å². The number of benzene rings is 1. The van der Waals surface area contributed by atoms with Crippen LogP contribution in [-0.2, 0) is 16.6 Å². The van der Waals surface area contributed by atoms with Crippen LogP contribution in [0.25, 0.3) is 0 Å². The van der Waals surface area contributed by atoms with Crippen molar-refractivity contribution in [2.24, 2.45) is 5.73 Å². The van der Waals surface area contributed by atoms with Crippen LogP contribution in [0.1, 0.15) is 24.8 Å². The van der Waals surface area contributed by atoms with Crippen molar-refractivity contribution in [1.82, 2.24) is 4.72 Å². The number of hydrogen-bond acceptors (Lipinski definition) is 3. The molecule has 0 unspecified atom stereocenters. The zero-order chi connectivity index (χ0) is 12.5.